The first-order valence-electron chi connectivity index (χ1n) is 6.95. The second-order valence-corrected chi connectivity index (χ2v) is 6.85. The lowest BCUT2D eigenvalue weighted by Crippen LogP contribution is -2.41. The van der Waals surface area contributed by atoms with Crippen LogP contribution in [-0.4, -0.2) is 23.3 Å². The highest BCUT2D eigenvalue weighted by molar-refractivity contribution is 6.62. The number of pyridine rings is 1. The normalized spacial score (nSPS) is 25.8. The maximum atomic E-state index is 13.8. The van der Waals surface area contributed by atoms with Crippen LogP contribution in [0.25, 0.3) is 0 Å². The highest BCUT2D eigenvalue weighted by Crippen LogP contribution is 2.43. The summed E-state index contributed by atoms with van der Waals surface area (Å²) in [6, 6.07) is 1.73. The molecule has 1 aromatic rings. The molecule has 108 valence electrons. The Balaban J connectivity index is 1.93. The van der Waals surface area contributed by atoms with Crippen LogP contribution in [0.1, 0.15) is 46.1 Å². The third-order valence-electron chi connectivity index (χ3n) is 4.71. The molecule has 2 aliphatic rings. The van der Waals surface area contributed by atoms with E-state index in [0.29, 0.717) is 5.56 Å². The Morgan fingerprint density at radius 1 is 1.20 bits per heavy atom. The Hall–Kier alpha value is -0.975. The first-order chi connectivity index (χ1) is 9.15. The number of hydrogen-bond acceptors (Lipinski definition) is 4. The molecule has 0 bridgehead atoms. The zero-order chi connectivity index (χ0) is 14.8. The monoisotopic (exact) mass is 278 g/mol. The SMILES string of the molecule is CC1(C)OB(c2cnc(F)c(C3(N)CC3)c2)OC1(C)C. The van der Waals surface area contributed by atoms with Crippen molar-refractivity contribution in [2.24, 2.45) is 5.73 Å². The standard InChI is InChI=1S/C14H20BFN2O2/c1-12(2)13(3,4)20-15(19-12)9-7-10(11(16)18-8-9)14(17)5-6-14/h7-8H,5-6,17H2,1-4H3. The van der Waals surface area contributed by atoms with Crippen molar-refractivity contribution in [1.82, 2.24) is 4.98 Å². The third-order valence-corrected chi connectivity index (χ3v) is 4.71. The molecule has 6 heteroatoms. The number of nitrogens with two attached hydrogens (primary N) is 1. The van der Waals surface area contributed by atoms with Gasteiger partial charge in [0, 0.05) is 22.8 Å². The predicted octanol–water partition coefficient (Wildman–Crippen LogP) is 1.47. The summed E-state index contributed by atoms with van der Waals surface area (Å²) in [6.45, 7) is 7.93. The molecule has 1 saturated heterocycles. The molecule has 0 amide bonds. The molecule has 3 rings (SSSR count). The topological polar surface area (TPSA) is 57.4 Å². The van der Waals surface area contributed by atoms with E-state index in [4.69, 9.17) is 15.0 Å². The van der Waals surface area contributed by atoms with Gasteiger partial charge in [-0.2, -0.15) is 4.39 Å². The number of aromatic nitrogens is 1. The lowest BCUT2D eigenvalue weighted by molar-refractivity contribution is 0.00578. The average Bonchev–Trinajstić information content (AvgIpc) is 3.02. The molecule has 0 aromatic carbocycles. The average molecular weight is 278 g/mol. The van der Waals surface area contributed by atoms with Crippen molar-refractivity contribution in [2.75, 3.05) is 0 Å². The van der Waals surface area contributed by atoms with Gasteiger partial charge in [0.15, 0.2) is 0 Å². The van der Waals surface area contributed by atoms with Crippen molar-refractivity contribution in [3.63, 3.8) is 0 Å². The van der Waals surface area contributed by atoms with Crippen LogP contribution in [-0.2, 0) is 14.8 Å². The van der Waals surface area contributed by atoms with Gasteiger partial charge in [0.2, 0.25) is 5.95 Å². The van der Waals surface area contributed by atoms with Crippen LogP contribution in [0.3, 0.4) is 0 Å². The van der Waals surface area contributed by atoms with Gasteiger partial charge in [0.05, 0.1) is 11.2 Å². The van der Waals surface area contributed by atoms with Crippen LogP contribution in [0.5, 0.6) is 0 Å². The van der Waals surface area contributed by atoms with E-state index in [-0.39, 0.29) is 0 Å². The van der Waals surface area contributed by atoms with Crippen molar-refractivity contribution in [3.8, 4) is 0 Å². The zero-order valence-corrected chi connectivity index (χ0v) is 12.4. The molecule has 1 saturated carbocycles. The maximum absolute atomic E-state index is 13.8. The van der Waals surface area contributed by atoms with Gasteiger partial charge in [0.1, 0.15) is 0 Å². The lowest BCUT2D eigenvalue weighted by Gasteiger charge is -2.32. The first-order valence-corrected chi connectivity index (χ1v) is 6.95. The molecule has 0 unspecified atom stereocenters. The zero-order valence-electron chi connectivity index (χ0n) is 12.4. The quantitative estimate of drug-likeness (QED) is 0.657. The molecular weight excluding hydrogens is 258 g/mol. The molecule has 1 aromatic heterocycles. The van der Waals surface area contributed by atoms with Gasteiger partial charge in [-0.1, -0.05) is 6.07 Å². The minimum Gasteiger partial charge on any atom is -0.399 e. The molecule has 1 aliphatic carbocycles. The highest BCUT2D eigenvalue weighted by atomic mass is 19.1. The van der Waals surface area contributed by atoms with E-state index in [1.165, 1.54) is 6.20 Å². The van der Waals surface area contributed by atoms with Crippen molar-refractivity contribution in [2.45, 2.75) is 57.3 Å². The predicted molar refractivity (Wildman–Crippen MR) is 75.0 cm³/mol. The Kier molecular flexibility index (Phi) is 2.81. The van der Waals surface area contributed by atoms with E-state index in [1.54, 1.807) is 6.07 Å². The van der Waals surface area contributed by atoms with Crippen LogP contribution in [0.2, 0.25) is 0 Å². The summed E-state index contributed by atoms with van der Waals surface area (Å²) in [5.74, 6) is -0.495. The molecule has 1 aliphatic heterocycles. The van der Waals surface area contributed by atoms with E-state index in [2.05, 4.69) is 4.98 Å². The summed E-state index contributed by atoms with van der Waals surface area (Å²) < 4.78 is 25.7. The molecule has 0 atom stereocenters. The summed E-state index contributed by atoms with van der Waals surface area (Å²) in [6.07, 6.45) is 3.05. The second-order valence-electron chi connectivity index (χ2n) is 6.85. The molecule has 2 heterocycles. The Labute approximate surface area is 119 Å². The maximum Gasteiger partial charge on any atom is 0.496 e. The number of rotatable bonds is 2. The summed E-state index contributed by atoms with van der Waals surface area (Å²) in [7, 11) is -0.533. The van der Waals surface area contributed by atoms with Gasteiger partial charge >= 0.3 is 7.12 Å². The number of nitrogens with zero attached hydrogens (tertiary/aromatic N) is 1. The molecule has 0 spiro atoms. The number of halogens is 1. The first kappa shape index (κ1) is 14.0. The van der Waals surface area contributed by atoms with Crippen LogP contribution in [0.4, 0.5) is 4.39 Å². The third kappa shape index (κ3) is 2.06. The van der Waals surface area contributed by atoms with Crippen LogP contribution >= 0.6 is 0 Å². The molecule has 4 nitrogen and oxygen atoms in total. The van der Waals surface area contributed by atoms with Crippen molar-refractivity contribution >= 4 is 12.6 Å². The largest absolute Gasteiger partial charge is 0.496 e. The molecular formula is C14H20BFN2O2. The number of hydrogen-bond donors (Lipinski definition) is 1. The van der Waals surface area contributed by atoms with Gasteiger partial charge in [-0.15, -0.1) is 0 Å². The fraction of sp³-hybridized carbons (Fsp3) is 0.643. The molecule has 2 N–H and O–H groups in total. The van der Waals surface area contributed by atoms with E-state index >= 15 is 0 Å². The molecule has 0 radical (unpaired) electrons. The van der Waals surface area contributed by atoms with Crippen molar-refractivity contribution in [3.05, 3.63) is 23.8 Å². The molecule has 2 fully saturated rings. The summed E-state index contributed by atoms with van der Waals surface area (Å²) in [5, 5.41) is 0. The minimum atomic E-state index is -0.559. The Bertz CT molecular complexity index is 542. The smallest absolute Gasteiger partial charge is 0.399 e. The summed E-state index contributed by atoms with van der Waals surface area (Å²) in [4.78, 5) is 3.82. The van der Waals surface area contributed by atoms with Gasteiger partial charge in [-0.3, -0.25) is 0 Å². The second kappa shape index (κ2) is 4.03. The highest BCUT2D eigenvalue weighted by Gasteiger charge is 2.52. The van der Waals surface area contributed by atoms with E-state index in [1.807, 2.05) is 27.7 Å². The lowest BCUT2D eigenvalue weighted by atomic mass is 9.79. The van der Waals surface area contributed by atoms with Gasteiger partial charge < -0.3 is 15.0 Å². The van der Waals surface area contributed by atoms with Crippen LogP contribution in [0.15, 0.2) is 12.3 Å². The fourth-order valence-electron chi connectivity index (χ4n) is 2.33. The summed E-state index contributed by atoms with van der Waals surface area (Å²) >= 11 is 0. The molecule has 20 heavy (non-hydrogen) atoms. The summed E-state index contributed by atoms with van der Waals surface area (Å²) in [5.41, 5.74) is 5.86. The minimum absolute atomic E-state index is 0.424. The van der Waals surface area contributed by atoms with Crippen molar-refractivity contribution < 1.29 is 13.7 Å². The van der Waals surface area contributed by atoms with Gasteiger partial charge in [-0.05, 0) is 40.5 Å². The van der Waals surface area contributed by atoms with Crippen LogP contribution < -0.4 is 11.2 Å². The fourth-order valence-corrected chi connectivity index (χ4v) is 2.33. The Morgan fingerprint density at radius 2 is 1.75 bits per heavy atom. The van der Waals surface area contributed by atoms with E-state index < -0.39 is 29.8 Å². The van der Waals surface area contributed by atoms with E-state index in [9.17, 15) is 4.39 Å². The van der Waals surface area contributed by atoms with Gasteiger partial charge in [0.25, 0.3) is 0 Å². The van der Waals surface area contributed by atoms with E-state index in [0.717, 1.165) is 18.3 Å². The van der Waals surface area contributed by atoms with Gasteiger partial charge in [-0.25, -0.2) is 4.98 Å². The van der Waals surface area contributed by atoms with Crippen molar-refractivity contribution in [1.29, 1.82) is 0 Å². The van der Waals surface area contributed by atoms with Crippen LogP contribution in [0, 0.1) is 5.95 Å². The Morgan fingerprint density at radius 3 is 2.25 bits per heavy atom.